The number of halogens is 2. The smallest absolute Gasteiger partial charge is 0.355 e. The molecule has 0 saturated carbocycles. The third-order valence-electron chi connectivity index (χ3n) is 7.72. The number of rotatable bonds is 4. The summed E-state index contributed by atoms with van der Waals surface area (Å²) in [7, 11) is 0. The first-order valence-corrected chi connectivity index (χ1v) is 14.5. The number of phenolic OH excluding ortho intramolecular Hbond substituents is 1. The number of hydrogen-bond donors (Lipinski definition) is 1. The Labute approximate surface area is 244 Å². The number of aromatic hydroxyl groups is 1. The molecule has 1 aromatic carbocycles. The number of anilines is 1. The van der Waals surface area contributed by atoms with Crippen LogP contribution in [0.25, 0.3) is 28.0 Å². The van der Waals surface area contributed by atoms with Crippen molar-refractivity contribution in [1.29, 1.82) is 0 Å². The second-order valence-electron chi connectivity index (χ2n) is 10.7. The van der Waals surface area contributed by atoms with E-state index in [1.54, 1.807) is 17.2 Å². The van der Waals surface area contributed by atoms with Crippen molar-refractivity contribution in [2.45, 2.75) is 37.6 Å². The number of aromatic nitrogens is 4. The Hall–Kier alpha value is -4.32. The fourth-order valence-electron chi connectivity index (χ4n) is 5.71. The molecule has 1 saturated heterocycles. The molecule has 0 aliphatic carbocycles. The van der Waals surface area contributed by atoms with Gasteiger partial charge < -0.3 is 14.9 Å². The molecule has 216 valence electrons. The topological polar surface area (TPSA) is 104 Å². The van der Waals surface area contributed by atoms with Gasteiger partial charge in [-0.05, 0) is 42.7 Å². The molecule has 1 N–H and O–H groups in total. The summed E-state index contributed by atoms with van der Waals surface area (Å²) in [6.45, 7) is 10.4. The summed E-state index contributed by atoms with van der Waals surface area (Å²) in [6.07, 6.45) is 2.91. The molecule has 0 radical (unpaired) electrons. The third kappa shape index (κ3) is 4.32. The second-order valence-corrected chi connectivity index (χ2v) is 11.7. The van der Waals surface area contributed by atoms with Crippen LogP contribution in [0.2, 0.25) is 0 Å². The van der Waals surface area contributed by atoms with E-state index in [-0.39, 0.29) is 34.2 Å². The van der Waals surface area contributed by atoms with Gasteiger partial charge in [-0.2, -0.15) is 4.98 Å². The number of nitrogens with zero attached hydrogens (tertiary/aromatic N) is 6. The van der Waals surface area contributed by atoms with E-state index in [9.17, 15) is 14.7 Å². The minimum absolute atomic E-state index is 0.0785. The molecular formula is C30H28F2N6O3S. The highest BCUT2D eigenvalue weighted by Crippen LogP contribution is 2.45. The number of phenols is 1. The monoisotopic (exact) mass is 590 g/mol. The molecule has 1 fully saturated rings. The van der Waals surface area contributed by atoms with Crippen LogP contribution in [0.15, 0.2) is 52.8 Å². The van der Waals surface area contributed by atoms with Crippen molar-refractivity contribution in [3.63, 3.8) is 0 Å². The SMILES string of the molecule is C=CC(=O)N1CCN2c3nc(=O)n(-c4c(C)ccnc4C(C)C)c4nc(-c5c(O)cccc5F)c(F)c(c34)SCC2C1. The molecule has 5 heterocycles. The molecule has 1 atom stereocenters. The van der Waals surface area contributed by atoms with Crippen LogP contribution < -0.4 is 10.6 Å². The lowest BCUT2D eigenvalue weighted by molar-refractivity contribution is -0.126. The van der Waals surface area contributed by atoms with Crippen LogP contribution in [0.1, 0.15) is 31.0 Å². The predicted octanol–water partition coefficient (Wildman–Crippen LogP) is 4.57. The summed E-state index contributed by atoms with van der Waals surface area (Å²) in [5.74, 6) is -1.85. The van der Waals surface area contributed by atoms with Crippen LogP contribution in [0, 0.1) is 18.6 Å². The molecule has 0 bridgehead atoms. The molecule has 2 aliphatic heterocycles. The van der Waals surface area contributed by atoms with Crippen molar-refractivity contribution in [3.8, 4) is 22.7 Å². The van der Waals surface area contributed by atoms with E-state index in [1.165, 1.54) is 34.5 Å². The van der Waals surface area contributed by atoms with Gasteiger partial charge >= 0.3 is 5.69 Å². The minimum Gasteiger partial charge on any atom is -0.507 e. The fraction of sp³-hybridized carbons (Fsp3) is 0.300. The summed E-state index contributed by atoms with van der Waals surface area (Å²) >= 11 is 1.19. The Kier molecular flexibility index (Phi) is 6.96. The first kappa shape index (κ1) is 27.8. The average molecular weight is 591 g/mol. The normalized spacial score (nSPS) is 16.5. The van der Waals surface area contributed by atoms with E-state index in [2.05, 4.69) is 21.5 Å². The van der Waals surface area contributed by atoms with Crippen LogP contribution in [-0.4, -0.2) is 66.9 Å². The zero-order valence-corrected chi connectivity index (χ0v) is 24.1. The van der Waals surface area contributed by atoms with Gasteiger partial charge in [-0.3, -0.25) is 9.78 Å². The molecule has 1 unspecified atom stereocenters. The van der Waals surface area contributed by atoms with E-state index in [0.717, 1.165) is 11.6 Å². The van der Waals surface area contributed by atoms with Gasteiger partial charge in [0, 0.05) is 31.6 Å². The van der Waals surface area contributed by atoms with Crippen LogP contribution in [0.3, 0.4) is 0 Å². The largest absolute Gasteiger partial charge is 0.507 e. The Balaban J connectivity index is 1.71. The zero-order chi connectivity index (χ0) is 29.9. The van der Waals surface area contributed by atoms with Gasteiger partial charge in [-0.15, -0.1) is 11.8 Å². The number of hydrogen-bond acceptors (Lipinski definition) is 8. The van der Waals surface area contributed by atoms with Gasteiger partial charge in [0.15, 0.2) is 11.5 Å². The molecule has 2 aliphatic rings. The van der Waals surface area contributed by atoms with Crippen molar-refractivity contribution in [3.05, 3.63) is 76.5 Å². The lowest BCUT2D eigenvalue weighted by Gasteiger charge is -2.41. The van der Waals surface area contributed by atoms with Gasteiger partial charge in [0.25, 0.3) is 0 Å². The maximum absolute atomic E-state index is 16.5. The predicted molar refractivity (Wildman–Crippen MR) is 157 cm³/mol. The highest BCUT2D eigenvalue weighted by molar-refractivity contribution is 7.99. The Bertz CT molecular complexity index is 1820. The number of aryl methyl sites for hydroxylation is 1. The maximum atomic E-state index is 16.5. The number of fused-ring (bicyclic) bond motifs is 2. The number of pyridine rings is 2. The second kappa shape index (κ2) is 10.5. The number of benzene rings is 1. The highest BCUT2D eigenvalue weighted by Gasteiger charge is 2.37. The first-order chi connectivity index (χ1) is 20.1. The quantitative estimate of drug-likeness (QED) is 0.345. The van der Waals surface area contributed by atoms with E-state index in [4.69, 9.17) is 0 Å². The van der Waals surface area contributed by atoms with Gasteiger partial charge in [0.1, 0.15) is 23.1 Å². The molecule has 4 aromatic rings. The number of thioether (sulfide) groups is 1. The van der Waals surface area contributed by atoms with Crippen LogP contribution in [0.4, 0.5) is 14.6 Å². The van der Waals surface area contributed by atoms with E-state index in [0.29, 0.717) is 42.2 Å². The number of carbonyl (C=O) groups is 1. The summed E-state index contributed by atoms with van der Waals surface area (Å²) in [5, 5.41) is 10.9. The van der Waals surface area contributed by atoms with E-state index < -0.39 is 34.3 Å². The summed E-state index contributed by atoms with van der Waals surface area (Å²) in [5.41, 5.74) is 0.427. The molecule has 9 nitrogen and oxygen atoms in total. The maximum Gasteiger partial charge on any atom is 0.355 e. The molecule has 12 heteroatoms. The van der Waals surface area contributed by atoms with Gasteiger partial charge in [0.2, 0.25) is 5.91 Å². The molecular weight excluding hydrogens is 562 g/mol. The number of piperazine rings is 1. The summed E-state index contributed by atoms with van der Waals surface area (Å²) in [6, 6.07) is 5.16. The van der Waals surface area contributed by atoms with E-state index in [1.807, 2.05) is 25.7 Å². The van der Waals surface area contributed by atoms with Crippen molar-refractivity contribution >= 4 is 34.5 Å². The van der Waals surface area contributed by atoms with Gasteiger partial charge in [-0.1, -0.05) is 26.5 Å². The van der Waals surface area contributed by atoms with Gasteiger partial charge in [-0.25, -0.2) is 23.1 Å². The van der Waals surface area contributed by atoms with Crippen molar-refractivity contribution in [2.75, 3.05) is 30.3 Å². The van der Waals surface area contributed by atoms with Crippen LogP contribution in [-0.2, 0) is 4.79 Å². The number of carbonyl (C=O) groups excluding carboxylic acids is 1. The number of amides is 1. The molecule has 1 amide bonds. The zero-order valence-electron chi connectivity index (χ0n) is 23.3. The van der Waals surface area contributed by atoms with Gasteiger partial charge in [0.05, 0.1) is 33.3 Å². The van der Waals surface area contributed by atoms with Crippen LogP contribution in [0.5, 0.6) is 5.75 Å². The van der Waals surface area contributed by atoms with Crippen LogP contribution >= 0.6 is 11.8 Å². The fourth-order valence-corrected chi connectivity index (χ4v) is 6.90. The average Bonchev–Trinajstić information content (AvgIpc) is 3.12. The summed E-state index contributed by atoms with van der Waals surface area (Å²) < 4.78 is 33.0. The first-order valence-electron chi connectivity index (χ1n) is 13.5. The van der Waals surface area contributed by atoms with Crippen molar-refractivity contribution in [2.24, 2.45) is 0 Å². The Morgan fingerprint density at radius 2 is 2.00 bits per heavy atom. The summed E-state index contributed by atoms with van der Waals surface area (Å²) in [4.78, 5) is 43.8. The lowest BCUT2D eigenvalue weighted by Crippen LogP contribution is -2.56. The molecule has 6 rings (SSSR count). The molecule has 0 spiro atoms. The lowest BCUT2D eigenvalue weighted by atomic mass is 10.0. The standard InChI is InChI=1S/C30H28F2N6O3S/c1-5-20(40)36-11-12-37-17(13-36)14-42-27-22-28(37)35-30(41)38(26-16(4)9-10-33-24(26)15(2)3)29(22)34-25(23(27)32)21-18(31)7-6-8-19(21)39/h5-10,15,17,39H,1,11-14H2,2-4H3. The Morgan fingerprint density at radius 1 is 1.21 bits per heavy atom. The van der Waals surface area contributed by atoms with Crippen molar-refractivity contribution < 1.29 is 18.7 Å². The highest BCUT2D eigenvalue weighted by atomic mass is 32.2. The molecule has 3 aromatic heterocycles. The third-order valence-corrected chi connectivity index (χ3v) is 8.94. The van der Waals surface area contributed by atoms with E-state index >= 15 is 8.78 Å². The Morgan fingerprint density at radius 3 is 2.71 bits per heavy atom. The van der Waals surface area contributed by atoms with Crippen molar-refractivity contribution in [1.82, 2.24) is 24.4 Å². The minimum atomic E-state index is -0.855. The molecule has 42 heavy (non-hydrogen) atoms.